The van der Waals surface area contributed by atoms with E-state index in [1.807, 2.05) is 13.8 Å². The van der Waals surface area contributed by atoms with Gasteiger partial charge in [0.25, 0.3) is 0 Å². The third-order valence-corrected chi connectivity index (χ3v) is 8.82. The normalized spacial score (nSPS) is 19.9. The molecule has 30 heavy (non-hydrogen) atoms. The number of likely N-dealkylation sites (tertiary alicyclic amines) is 1. The van der Waals surface area contributed by atoms with Crippen molar-refractivity contribution < 1.29 is 18.0 Å². The minimum atomic E-state index is -3.63. The first-order valence-electron chi connectivity index (χ1n) is 10.8. The zero-order valence-electron chi connectivity index (χ0n) is 17.7. The molecule has 166 valence electrons. The standard InChI is InChI=1S/C21H31N3O4S2/c1-3-5-14-24(4-2)30(27,28)16-10-11-18-17(15-16)22-20(25)19(29-18)21(26)23-12-8-6-7-9-13-23/h10-11,15,19H,3-9,12-14H2,1-2H3,(H,22,25). The maximum Gasteiger partial charge on any atom is 0.247 e. The summed E-state index contributed by atoms with van der Waals surface area (Å²) in [5.74, 6) is -0.534. The first-order chi connectivity index (χ1) is 14.4. The van der Waals surface area contributed by atoms with Crippen LogP contribution in [0.15, 0.2) is 28.0 Å². The minimum absolute atomic E-state index is 0.154. The Kier molecular flexibility index (Phi) is 7.81. The SMILES string of the molecule is CCCCN(CC)S(=O)(=O)c1ccc2c(c1)NC(=O)C(C(=O)N1CCCCCC1)S2. The molecule has 3 rings (SSSR count). The molecule has 9 heteroatoms. The molecular formula is C21H31N3O4S2. The first kappa shape index (κ1) is 23.1. The van der Waals surface area contributed by atoms with Crippen molar-refractivity contribution in [3.05, 3.63) is 18.2 Å². The summed E-state index contributed by atoms with van der Waals surface area (Å²) in [7, 11) is -3.63. The average molecular weight is 454 g/mol. The zero-order valence-corrected chi connectivity index (χ0v) is 19.4. The molecule has 0 radical (unpaired) electrons. The highest BCUT2D eigenvalue weighted by atomic mass is 32.2. The van der Waals surface area contributed by atoms with Crippen LogP contribution in [0.3, 0.4) is 0 Å². The predicted octanol–water partition coefficient (Wildman–Crippen LogP) is 3.31. The monoisotopic (exact) mass is 453 g/mol. The molecule has 2 amide bonds. The van der Waals surface area contributed by atoms with Gasteiger partial charge >= 0.3 is 0 Å². The predicted molar refractivity (Wildman–Crippen MR) is 119 cm³/mol. The van der Waals surface area contributed by atoms with Crippen LogP contribution in [0.5, 0.6) is 0 Å². The number of benzene rings is 1. The number of nitrogens with zero attached hydrogens (tertiary/aromatic N) is 2. The molecule has 1 aromatic carbocycles. The van der Waals surface area contributed by atoms with E-state index < -0.39 is 15.3 Å². The van der Waals surface area contributed by atoms with Crippen LogP contribution in [0.25, 0.3) is 0 Å². The van der Waals surface area contributed by atoms with Gasteiger partial charge in [0.15, 0.2) is 5.25 Å². The van der Waals surface area contributed by atoms with Crippen molar-refractivity contribution in [2.24, 2.45) is 0 Å². The van der Waals surface area contributed by atoms with Gasteiger partial charge in [-0.25, -0.2) is 8.42 Å². The molecule has 0 bridgehead atoms. The number of rotatable bonds is 7. The van der Waals surface area contributed by atoms with Gasteiger partial charge in [-0.2, -0.15) is 4.31 Å². The highest BCUT2D eigenvalue weighted by Crippen LogP contribution is 2.38. The number of anilines is 1. The summed E-state index contributed by atoms with van der Waals surface area (Å²) in [4.78, 5) is 28.3. The number of nitrogens with one attached hydrogen (secondary N) is 1. The van der Waals surface area contributed by atoms with Gasteiger partial charge < -0.3 is 10.2 Å². The van der Waals surface area contributed by atoms with Crippen molar-refractivity contribution in [3.63, 3.8) is 0 Å². The van der Waals surface area contributed by atoms with Crippen LogP contribution in [0.1, 0.15) is 52.4 Å². The van der Waals surface area contributed by atoms with Crippen molar-refractivity contribution >= 4 is 39.3 Å². The molecule has 2 aliphatic rings. The van der Waals surface area contributed by atoms with E-state index in [9.17, 15) is 18.0 Å². The highest BCUT2D eigenvalue weighted by molar-refractivity contribution is 8.01. The van der Waals surface area contributed by atoms with Crippen LogP contribution < -0.4 is 5.32 Å². The number of carbonyl (C=O) groups excluding carboxylic acids is 2. The molecule has 1 N–H and O–H groups in total. The molecule has 0 aromatic heterocycles. The fourth-order valence-electron chi connectivity index (χ4n) is 3.80. The van der Waals surface area contributed by atoms with Crippen molar-refractivity contribution in [1.29, 1.82) is 0 Å². The number of fused-ring (bicyclic) bond motifs is 1. The Morgan fingerprint density at radius 3 is 2.53 bits per heavy atom. The van der Waals surface area contributed by atoms with Gasteiger partial charge in [-0.1, -0.05) is 33.1 Å². The minimum Gasteiger partial charge on any atom is -0.341 e. The van der Waals surface area contributed by atoms with E-state index in [1.165, 1.54) is 22.1 Å². The number of thioether (sulfide) groups is 1. The maximum atomic E-state index is 13.0. The smallest absolute Gasteiger partial charge is 0.247 e. The lowest BCUT2D eigenvalue weighted by atomic mass is 10.2. The lowest BCUT2D eigenvalue weighted by molar-refractivity contribution is -0.133. The van der Waals surface area contributed by atoms with Crippen molar-refractivity contribution in [1.82, 2.24) is 9.21 Å². The van der Waals surface area contributed by atoms with Crippen LogP contribution in [-0.2, 0) is 19.6 Å². The Labute approximate surface area is 183 Å². The Morgan fingerprint density at radius 2 is 1.90 bits per heavy atom. The summed E-state index contributed by atoms with van der Waals surface area (Å²) in [6.45, 7) is 6.10. The molecule has 1 atom stereocenters. The largest absolute Gasteiger partial charge is 0.341 e. The van der Waals surface area contributed by atoms with E-state index >= 15 is 0 Å². The third-order valence-electron chi connectivity index (χ3n) is 5.59. The van der Waals surface area contributed by atoms with E-state index in [4.69, 9.17) is 0 Å². The van der Waals surface area contributed by atoms with Crippen LogP contribution in [-0.4, -0.2) is 60.9 Å². The summed E-state index contributed by atoms with van der Waals surface area (Å²) in [6.07, 6.45) is 5.87. The van der Waals surface area contributed by atoms with E-state index in [-0.39, 0.29) is 16.7 Å². The summed E-state index contributed by atoms with van der Waals surface area (Å²) >= 11 is 1.21. The molecule has 1 saturated heterocycles. The van der Waals surface area contributed by atoms with Crippen LogP contribution >= 0.6 is 11.8 Å². The number of hydrogen-bond donors (Lipinski definition) is 1. The lowest BCUT2D eigenvalue weighted by Gasteiger charge is -2.29. The quantitative estimate of drug-likeness (QED) is 0.640. The van der Waals surface area contributed by atoms with Gasteiger partial charge in [0.1, 0.15) is 0 Å². The second-order valence-electron chi connectivity index (χ2n) is 7.73. The fourth-order valence-corrected chi connectivity index (χ4v) is 6.37. The van der Waals surface area contributed by atoms with Gasteiger partial charge in [0, 0.05) is 31.1 Å². The lowest BCUT2D eigenvalue weighted by Crippen LogP contribution is -2.45. The molecule has 2 heterocycles. The van der Waals surface area contributed by atoms with E-state index in [2.05, 4.69) is 5.32 Å². The summed E-state index contributed by atoms with van der Waals surface area (Å²) in [5, 5.41) is 1.94. The zero-order chi connectivity index (χ0) is 21.7. The summed E-state index contributed by atoms with van der Waals surface area (Å²) in [6, 6.07) is 4.78. The second-order valence-corrected chi connectivity index (χ2v) is 10.8. The van der Waals surface area contributed by atoms with Crippen molar-refractivity contribution in [2.45, 2.75) is 67.4 Å². The average Bonchev–Trinajstić information content (AvgIpc) is 3.02. The molecule has 1 aromatic rings. The molecule has 0 saturated carbocycles. The van der Waals surface area contributed by atoms with Crippen molar-refractivity contribution in [2.75, 3.05) is 31.5 Å². The Morgan fingerprint density at radius 1 is 1.20 bits per heavy atom. The number of amides is 2. The van der Waals surface area contributed by atoms with Gasteiger partial charge in [-0.3, -0.25) is 9.59 Å². The van der Waals surface area contributed by atoms with Crippen molar-refractivity contribution in [3.8, 4) is 0 Å². The highest BCUT2D eigenvalue weighted by Gasteiger charge is 2.36. The van der Waals surface area contributed by atoms with Gasteiger partial charge in [0.05, 0.1) is 10.6 Å². The summed E-state index contributed by atoms with van der Waals surface area (Å²) in [5.41, 5.74) is 0.456. The molecule has 2 aliphatic heterocycles. The topological polar surface area (TPSA) is 86.8 Å². The van der Waals surface area contributed by atoms with E-state index in [1.54, 1.807) is 17.0 Å². The Hall–Kier alpha value is -1.58. The number of sulfonamides is 1. The van der Waals surface area contributed by atoms with E-state index in [0.29, 0.717) is 31.9 Å². The van der Waals surface area contributed by atoms with E-state index in [0.717, 1.165) is 43.4 Å². The molecule has 0 spiro atoms. The fraction of sp³-hybridized carbons (Fsp3) is 0.619. The van der Waals surface area contributed by atoms with Crippen LogP contribution in [0.4, 0.5) is 5.69 Å². The number of hydrogen-bond acceptors (Lipinski definition) is 5. The number of carbonyl (C=O) groups is 2. The molecule has 1 unspecified atom stereocenters. The van der Waals surface area contributed by atoms with Gasteiger partial charge in [-0.05, 0) is 37.5 Å². The maximum absolute atomic E-state index is 13.0. The molecular weight excluding hydrogens is 422 g/mol. The molecule has 0 aliphatic carbocycles. The first-order valence-corrected chi connectivity index (χ1v) is 13.1. The van der Waals surface area contributed by atoms with Gasteiger partial charge in [-0.15, -0.1) is 11.8 Å². The summed E-state index contributed by atoms with van der Waals surface area (Å²) < 4.78 is 27.4. The Balaban J connectivity index is 1.79. The number of unbranched alkanes of at least 4 members (excludes halogenated alkanes) is 1. The van der Waals surface area contributed by atoms with Crippen LogP contribution in [0.2, 0.25) is 0 Å². The second kappa shape index (κ2) is 10.2. The van der Waals surface area contributed by atoms with Gasteiger partial charge in [0.2, 0.25) is 21.8 Å². The Bertz CT molecular complexity index is 880. The molecule has 1 fully saturated rings. The molecule has 7 nitrogen and oxygen atoms in total. The third kappa shape index (κ3) is 5.00. The van der Waals surface area contributed by atoms with Crippen LogP contribution in [0, 0.1) is 0 Å².